The molecule has 0 saturated carbocycles. The van der Waals surface area contributed by atoms with Gasteiger partial charge in [-0.2, -0.15) is 11.8 Å². The molecule has 0 aliphatic heterocycles. The number of hydrogen-bond donors (Lipinski definition) is 0. The summed E-state index contributed by atoms with van der Waals surface area (Å²) in [7, 11) is 0. The van der Waals surface area contributed by atoms with Crippen molar-refractivity contribution < 1.29 is 9.53 Å². The van der Waals surface area contributed by atoms with Gasteiger partial charge in [0.05, 0.1) is 6.61 Å². The zero-order chi connectivity index (χ0) is 14.3. The van der Waals surface area contributed by atoms with Crippen molar-refractivity contribution in [1.29, 1.82) is 0 Å². The Kier molecular flexibility index (Phi) is 7.00. The van der Waals surface area contributed by atoms with Crippen molar-refractivity contribution in [2.24, 2.45) is 5.92 Å². The largest absolute Gasteiger partial charge is 0.493 e. The Hall–Kier alpha value is -0.960. The highest BCUT2D eigenvalue weighted by molar-refractivity contribution is 7.99. The van der Waals surface area contributed by atoms with Crippen LogP contribution in [-0.2, 0) is 0 Å². The third-order valence-electron chi connectivity index (χ3n) is 2.54. The van der Waals surface area contributed by atoms with Crippen LogP contribution in [0.2, 0.25) is 0 Å². The molecule has 2 nitrogen and oxygen atoms in total. The van der Waals surface area contributed by atoms with E-state index in [0.29, 0.717) is 24.2 Å². The summed E-state index contributed by atoms with van der Waals surface area (Å²) in [5, 5.41) is 0.583. The van der Waals surface area contributed by atoms with E-state index in [1.54, 1.807) is 0 Å². The van der Waals surface area contributed by atoms with Crippen LogP contribution in [0.3, 0.4) is 0 Å². The van der Waals surface area contributed by atoms with Crippen molar-refractivity contribution in [3.05, 3.63) is 29.8 Å². The normalized spacial score (nSPS) is 11.1. The summed E-state index contributed by atoms with van der Waals surface area (Å²) in [5.74, 6) is 2.45. The van der Waals surface area contributed by atoms with Crippen molar-refractivity contribution in [3.63, 3.8) is 0 Å². The van der Waals surface area contributed by atoms with Gasteiger partial charge >= 0.3 is 0 Å². The number of benzene rings is 1. The Labute approximate surface area is 120 Å². The van der Waals surface area contributed by atoms with Crippen LogP contribution in [0.15, 0.2) is 24.3 Å². The van der Waals surface area contributed by atoms with E-state index in [1.807, 2.05) is 36.0 Å². The fraction of sp³-hybridized carbons (Fsp3) is 0.562. The minimum atomic E-state index is 0.212. The van der Waals surface area contributed by atoms with Gasteiger partial charge in [-0.25, -0.2) is 0 Å². The first-order valence-electron chi connectivity index (χ1n) is 6.86. The molecule has 0 radical (unpaired) electrons. The molecule has 0 unspecified atom stereocenters. The smallest absolute Gasteiger partial charge is 0.163 e. The molecule has 0 atom stereocenters. The quantitative estimate of drug-likeness (QED) is 0.659. The van der Waals surface area contributed by atoms with E-state index in [2.05, 4.69) is 27.7 Å². The second-order valence-electron chi connectivity index (χ2n) is 5.32. The molecule has 0 spiro atoms. The molecule has 106 valence electrons. The third kappa shape index (κ3) is 6.67. The number of ether oxygens (including phenoxy) is 1. The Morgan fingerprint density at radius 1 is 1.16 bits per heavy atom. The lowest BCUT2D eigenvalue weighted by Gasteiger charge is -2.09. The molecule has 0 bridgehead atoms. The SMILES string of the molecule is CC(C)COc1ccc(C(=O)CCSC(C)C)cc1. The number of rotatable bonds is 8. The average Bonchev–Trinajstić information content (AvgIpc) is 2.36. The van der Waals surface area contributed by atoms with Crippen molar-refractivity contribution in [3.8, 4) is 5.75 Å². The van der Waals surface area contributed by atoms with Crippen molar-refractivity contribution in [2.75, 3.05) is 12.4 Å². The molecule has 19 heavy (non-hydrogen) atoms. The van der Waals surface area contributed by atoms with Crippen LogP contribution < -0.4 is 4.74 Å². The van der Waals surface area contributed by atoms with E-state index >= 15 is 0 Å². The molecule has 0 aliphatic rings. The molecular formula is C16H24O2S. The maximum absolute atomic E-state index is 11.9. The van der Waals surface area contributed by atoms with Gasteiger partial charge in [-0.3, -0.25) is 4.79 Å². The first-order valence-corrected chi connectivity index (χ1v) is 7.91. The van der Waals surface area contributed by atoms with Gasteiger partial charge in [-0.05, 0) is 35.4 Å². The average molecular weight is 280 g/mol. The molecule has 1 aromatic rings. The fourth-order valence-corrected chi connectivity index (χ4v) is 2.31. The zero-order valence-corrected chi connectivity index (χ0v) is 13.1. The molecule has 3 heteroatoms. The van der Waals surface area contributed by atoms with Crippen LogP contribution in [0.25, 0.3) is 0 Å². The molecule has 1 rings (SSSR count). The van der Waals surface area contributed by atoms with E-state index in [9.17, 15) is 4.79 Å². The standard InChI is InChI=1S/C16H24O2S/c1-12(2)11-18-15-7-5-14(6-8-15)16(17)9-10-19-13(3)4/h5-8,12-13H,9-11H2,1-4H3. The second kappa shape index (κ2) is 8.26. The van der Waals surface area contributed by atoms with E-state index in [1.165, 1.54) is 0 Å². The molecule has 0 N–H and O–H groups in total. The maximum Gasteiger partial charge on any atom is 0.163 e. The monoisotopic (exact) mass is 280 g/mol. The zero-order valence-electron chi connectivity index (χ0n) is 12.3. The van der Waals surface area contributed by atoms with Crippen molar-refractivity contribution in [2.45, 2.75) is 39.4 Å². The molecule has 0 aliphatic carbocycles. The lowest BCUT2D eigenvalue weighted by molar-refractivity contribution is 0.0989. The highest BCUT2D eigenvalue weighted by Gasteiger charge is 2.07. The lowest BCUT2D eigenvalue weighted by Crippen LogP contribution is -2.05. The number of carbonyl (C=O) groups is 1. The molecule has 0 fully saturated rings. The number of thioether (sulfide) groups is 1. The molecule has 0 saturated heterocycles. The fourth-order valence-electron chi connectivity index (χ4n) is 1.53. The summed E-state index contributed by atoms with van der Waals surface area (Å²) in [6.45, 7) is 9.24. The van der Waals surface area contributed by atoms with Crippen molar-refractivity contribution in [1.82, 2.24) is 0 Å². The van der Waals surface area contributed by atoms with Gasteiger partial charge in [0, 0.05) is 17.7 Å². The van der Waals surface area contributed by atoms with E-state index in [4.69, 9.17) is 4.74 Å². The van der Waals surface area contributed by atoms with Gasteiger partial charge in [0.25, 0.3) is 0 Å². The van der Waals surface area contributed by atoms with Gasteiger partial charge in [0.1, 0.15) is 5.75 Å². The molecular weight excluding hydrogens is 256 g/mol. The van der Waals surface area contributed by atoms with E-state index in [0.717, 1.165) is 17.1 Å². The Balaban J connectivity index is 2.44. The maximum atomic E-state index is 11.9. The van der Waals surface area contributed by atoms with Crippen LogP contribution in [0.4, 0.5) is 0 Å². The highest BCUT2D eigenvalue weighted by atomic mass is 32.2. The van der Waals surface area contributed by atoms with Crippen LogP contribution in [0.5, 0.6) is 5.75 Å². The lowest BCUT2D eigenvalue weighted by atomic mass is 10.1. The third-order valence-corrected chi connectivity index (χ3v) is 3.65. The number of carbonyl (C=O) groups excluding carboxylic acids is 1. The van der Waals surface area contributed by atoms with Gasteiger partial charge in [-0.1, -0.05) is 27.7 Å². The van der Waals surface area contributed by atoms with Crippen molar-refractivity contribution >= 4 is 17.5 Å². The summed E-state index contributed by atoms with van der Waals surface area (Å²) in [5.41, 5.74) is 0.779. The van der Waals surface area contributed by atoms with Crippen LogP contribution in [0.1, 0.15) is 44.5 Å². The molecule has 0 heterocycles. The Bertz CT molecular complexity index is 382. The highest BCUT2D eigenvalue weighted by Crippen LogP contribution is 2.16. The first kappa shape index (κ1) is 16.1. The van der Waals surface area contributed by atoms with Gasteiger partial charge < -0.3 is 4.74 Å². The summed E-state index contributed by atoms with van der Waals surface area (Å²) >= 11 is 1.82. The van der Waals surface area contributed by atoms with Crippen LogP contribution in [0, 0.1) is 5.92 Å². The number of ketones is 1. The van der Waals surface area contributed by atoms with Gasteiger partial charge in [0.2, 0.25) is 0 Å². The van der Waals surface area contributed by atoms with Crippen LogP contribution in [-0.4, -0.2) is 23.4 Å². The Morgan fingerprint density at radius 2 is 1.79 bits per heavy atom. The number of hydrogen-bond acceptors (Lipinski definition) is 3. The first-order chi connectivity index (χ1) is 8.99. The minimum absolute atomic E-state index is 0.212. The Morgan fingerprint density at radius 3 is 2.32 bits per heavy atom. The second-order valence-corrected chi connectivity index (χ2v) is 7.01. The van der Waals surface area contributed by atoms with Gasteiger partial charge in [0.15, 0.2) is 5.78 Å². The van der Waals surface area contributed by atoms with E-state index < -0.39 is 0 Å². The minimum Gasteiger partial charge on any atom is -0.493 e. The number of Topliss-reactive ketones (excluding diaryl/α,β-unsaturated/α-hetero) is 1. The predicted molar refractivity (Wildman–Crippen MR) is 83.3 cm³/mol. The molecule has 1 aromatic carbocycles. The van der Waals surface area contributed by atoms with E-state index in [-0.39, 0.29) is 5.78 Å². The van der Waals surface area contributed by atoms with Gasteiger partial charge in [-0.15, -0.1) is 0 Å². The summed E-state index contributed by atoms with van der Waals surface area (Å²) in [4.78, 5) is 11.9. The predicted octanol–water partition coefficient (Wildman–Crippen LogP) is 4.44. The molecule has 0 aromatic heterocycles. The molecule has 0 amide bonds. The summed E-state index contributed by atoms with van der Waals surface area (Å²) in [6.07, 6.45) is 0.606. The summed E-state index contributed by atoms with van der Waals surface area (Å²) < 4.78 is 5.60. The van der Waals surface area contributed by atoms with Crippen LogP contribution >= 0.6 is 11.8 Å². The summed E-state index contributed by atoms with van der Waals surface area (Å²) in [6, 6.07) is 7.48. The topological polar surface area (TPSA) is 26.3 Å².